The SMILES string of the molecule is [Cu].[Fe].[Mo].[Nb].[Ni]. The van der Waals surface area contributed by atoms with Crippen LogP contribution in [0.4, 0.5) is 0 Å². The van der Waals surface area contributed by atoms with Crippen molar-refractivity contribution in [2.75, 3.05) is 0 Å². The van der Waals surface area contributed by atoms with Crippen LogP contribution >= 0.6 is 0 Å². The van der Waals surface area contributed by atoms with Gasteiger partial charge in [0.15, 0.2) is 0 Å². The van der Waals surface area contributed by atoms with E-state index in [0.29, 0.717) is 0 Å². The van der Waals surface area contributed by atoms with E-state index in [1.54, 1.807) is 0 Å². The molecule has 0 spiro atoms. The smallest absolute Gasteiger partial charge is 0 e. The summed E-state index contributed by atoms with van der Waals surface area (Å²) in [6, 6.07) is 0. The first-order valence-electron chi connectivity index (χ1n) is 0. The molecule has 0 saturated heterocycles. The molecule has 0 aliphatic rings. The van der Waals surface area contributed by atoms with Crippen molar-refractivity contribution in [3.63, 3.8) is 0 Å². The van der Waals surface area contributed by atoms with Gasteiger partial charge in [0, 0.05) is 94.1 Å². The molecule has 0 amide bonds. The first kappa shape index (κ1) is 44.0. The zero-order valence-electron chi connectivity index (χ0n) is 1.83. The molecule has 5 heteroatoms. The van der Waals surface area contributed by atoms with Crippen LogP contribution in [-0.2, 0) is 94.1 Å². The van der Waals surface area contributed by atoms with Crippen LogP contribution in [0.5, 0.6) is 0 Å². The van der Waals surface area contributed by atoms with Crippen molar-refractivity contribution in [3.8, 4) is 0 Å². The van der Waals surface area contributed by atoms with Gasteiger partial charge in [-0.1, -0.05) is 0 Å². The summed E-state index contributed by atoms with van der Waals surface area (Å²) in [6.45, 7) is 0. The van der Waals surface area contributed by atoms with Gasteiger partial charge in [-0.25, -0.2) is 0 Å². The monoisotopic (exact) mass is 368 g/mol. The zero-order valence-corrected chi connectivity index (χ0v) is 9.07. The van der Waals surface area contributed by atoms with Gasteiger partial charge in [-0.3, -0.25) is 0 Å². The maximum atomic E-state index is 0. The minimum absolute atomic E-state index is 0. The minimum Gasteiger partial charge on any atom is 0 e. The van der Waals surface area contributed by atoms with Crippen LogP contribution in [0.1, 0.15) is 0 Å². The maximum Gasteiger partial charge on any atom is 0 e. The molecule has 0 aromatic heterocycles. The summed E-state index contributed by atoms with van der Waals surface area (Å²) >= 11 is 0. The fourth-order valence-corrected chi connectivity index (χ4v) is 0. The molecule has 40 valence electrons. The van der Waals surface area contributed by atoms with Crippen LogP contribution in [0, 0.1) is 0 Å². The van der Waals surface area contributed by atoms with Gasteiger partial charge in [-0.2, -0.15) is 0 Å². The van der Waals surface area contributed by atoms with Gasteiger partial charge in [0.05, 0.1) is 0 Å². The van der Waals surface area contributed by atoms with Gasteiger partial charge in [0.25, 0.3) is 0 Å². The van der Waals surface area contributed by atoms with Gasteiger partial charge < -0.3 is 0 Å². The quantitative estimate of drug-likeness (QED) is 0.529. The fourth-order valence-electron chi connectivity index (χ4n) is 0. The van der Waals surface area contributed by atoms with Crippen LogP contribution in [-0.4, -0.2) is 0 Å². The number of rotatable bonds is 0. The predicted octanol–water partition coefficient (Wildman–Crippen LogP) is -0.0125. The molecular weight excluding hydrogens is 367 g/mol. The average Bonchev–Trinajstić information content (AvgIpc) is 0. The molecular formula is CuFeMoNbNi. The Morgan fingerprint density at radius 1 is 1.00 bits per heavy atom. The molecule has 0 aliphatic carbocycles. The second kappa shape index (κ2) is 28.2. The summed E-state index contributed by atoms with van der Waals surface area (Å²) in [6.07, 6.45) is 0. The molecule has 0 aromatic rings. The molecule has 0 rings (SSSR count). The largest absolute Gasteiger partial charge is 0 e. The maximum absolute atomic E-state index is 0. The van der Waals surface area contributed by atoms with Crippen molar-refractivity contribution in [2.24, 2.45) is 0 Å². The Balaban J connectivity index is 0. The van der Waals surface area contributed by atoms with Crippen molar-refractivity contribution in [2.45, 2.75) is 0 Å². The Kier molecular flexibility index (Phi) is 248. The van der Waals surface area contributed by atoms with Crippen molar-refractivity contribution in [1.29, 1.82) is 0 Å². The molecule has 0 N–H and O–H groups in total. The molecule has 0 atom stereocenters. The van der Waals surface area contributed by atoms with E-state index >= 15 is 0 Å². The topological polar surface area (TPSA) is 0 Å². The molecule has 0 aromatic carbocycles. The van der Waals surface area contributed by atoms with Crippen molar-refractivity contribution in [3.05, 3.63) is 0 Å². The Labute approximate surface area is 92.6 Å². The standard InChI is InChI=1S/Cu.Fe.Mo.Nb.Ni. The number of hydrogen-bond acceptors (Lipinski definition) is 0. The molecule has 5 heavy (non-hydrogen) atoms. The third-order valence-corrected chi connectivity index (χ3v) is 0. The van der Waals surface area contributed by atoms with Crippen LogP contribution in [0.3, 0.4) is 0 Å². The molecule has 2 radical (unpaired) electrons. The van der Waals surface area contributed by atoms with Crippen molar-refractivity contribution < 1.29 is 94.1 Å². The van der Waals surface area contributed by atoms with Crippen molar-refractivity contribution >= 4 is 0 Å². The Morgan fingerprint density at radius 2 is 1.00 bits per heavy atom. The van der Waals surface area contributed by atoms with Gasteiger partial charge in [0.1, 0.15) is 0 Å². The molecule has 0 saturated carbocycles. The Hall–Kier alpha value is 2.96. The second-order valence-electron chi connectivity index (χ2n) is 0. The van der Waals surface area contributed by atoms with Gasteiger partial charge in [0.2, 0.25) is 0 Å². The number of hydrogen-bond donors (Lipinski definition) is 0. The van der Waals surface area contributed by atoms with E-state index in [2.05, 4.69) is 0 Å². The van der Waals surface area contributed by atoms with Crippen LogP contribution in [0.2, 0.25) is 0 Å². The summed E-state index contributed by atoms with van der Waals surface area (Å²) < 4.78 is 0. The van der Waals surface area contributed by atoms with E-state index in [9.17, 15) is 0 Å². The van der Waals surface area contributed by atoms with E-state index in [1.807, 2.05) is 0 Å². The van der Waals surface area contributed by atoms with Gasteiger partial charge in [-0.05, 0) is 0 Å². The first-order chi connectivity index (χ1) is 0. The molecule has 0 bridgehead atoms. The third kappa shape index (κ3) is 19.5. The molecule has 0 unspecified atom stereocenters. The summed E-state index contributed by atoms with van der Waals surface area (Å²) in [4.78, 5) is 0. The van der Waals surface area contributed by atoms with E-state index in [0.717, 1.165) is 0 Å². The van der Waals surface area contributed by atoms with Gasteiger partial charge >= 0.3 is 0 Å². The molecule has 0 fully saturated rings. The molecule has 0 nitrogen and oxygen atoms in total. The van der Waals surface area contributed by atoms with E-state index < -0.39 is 0 Å². The Morgan fingerprint density at radius 3 is 1.00 bits per heavy atom. The minimum atomic E-state index is 0. The summed E-state index contributed by atoms with van der Waals surface area (Å²) in [5.74, 6) is 0. The molecule has 0 heterocycles. The normalized spacial score (nSPS) is 0. The van der Waals surface area contributed by atoms with Crippen LogP contribution in [0.25, 0.3) is 0 Å². The predicted molar refractivity (Wildman–Crippen MR) is 0 cm³/mol. The fraction of sp³-hybridized carbons (Fsp3) is 0. The summed E-state index contributed by atoms with van der Waals surface area (Å²) in [5.41, 5.74) is 0. The van der Waals surface area contributed by atoms with Crippen LogP contribution in [0.15, 0.2) is 0 Å². The third-order valence-electron chi connectivity index (χ3n) is 0. The van der Waals surface area contributed by atoms with E-state index in [1.165, 1.54) is 0 Å². The average molecular weight is 367 g/mol. The van der Waals surface area contributed by atoms with E-state index in [-0.39, 0.29) is 94.1 Å². The van der Waals surface area contributed by atoms with E-state index in [4.69, 9.17) is 0 Å². The van der Waals surface area contributed by atoms with Gasteiger partial charge in [-0.15, -0.1) is 0 Å². The molecule has 0 aliphatic heterocycles. The van der Waals surface area contributed by atoms with Crippen molar-refractivity contribution in [1.82, 2.24) is 0 Å². The summed E-state index contributed by atoms with van der Waals surface area (Å²) in [5, 5.41) is 0. The Bertz CT molecular complexity index is 11.6. The zero-order chi connectivity index (χ0) is 0. The first-order valence-corrected chi connectivity index (χ1v) is 0. The summed E-state index contributed by atoms with van der Waals surface area (Å²) in [7, 11) is 0. The van der Waals surface area contributed by atoms with Crippen LogP contribution < -0.4 is 0 Å². The second-order valence-corrected chi connectivity index (χ2v) is 0.